The largest absolute Gasteiger partial charge is 0.390 e. The molecule has 1 atom stereocenters. The molecule has 1 aliphatic rings. The average Bonchev–Trinajstić information content (AvgIpc) is 2.86. The van der Waals surface area contributed by atoms with Crippen molar-refractivity contribution in [2.24, 2.45) is 11.1 Å². The molecule has 1 heterocycles. The molecule has 0 fully saturated rings. The standard InChI is InChI=1S/C16H21FN2O2/c1-11(2)7-16(20)18-10-15-9-14(19-21-15)8-12-3-5-13(17)6-4-12/h3-6,11,15H,7-10H2,1-2H3,(H,18,20)/t15-/m1/s1. The fraction of sp³-hybridized carbons (Fsp3) is 0.500. The maximum Gasteiger partial charge on any atom is 0.220 e. The Labute approximate surface area is 124 Å². The molecule has 4 nitrogen and oxygen atoms in total. The molecule has 0 saturated heterocycles. The third-order valence-corrected chi connectivity index (χ3v) is 3.24. The fourth-order valence-corrected chi connectivity index (χ4v) is 2.21. The normalized spacial score (nSPS) is 17.5. The number of rotatable bonds is 6. The number of halogens is 1. The van der Waals surface area contributed by atoms with Crippen LogP contribution in [-0.2, 0) is 16.1 Å². The van der Waals surface area contributed by atoms with E-state index in [2.05, 4.69) is 10.5 Å². The summed E-state index contributed by atoms with van der Waals surface area (Å²) in [5, 5.41) is 6.91. The van der Waals surface area contributed by atoms with Gasteiger partial charge in [0.05, 0.1) is 12.3 Å². The zero-order valence-electron chi connectivity index (χ0n) is 12.4. The maximum atomic E-state index is 12.8. The maximum absolute atomic E-state index is 12.8. The van der Waals surface area contributed by atoms with E-state index in [1.807, 2.05) is 13.8 Å². The molecule has 0 unspecified atom stereocenters. The lowest BCUT2D eigenvalue weighted by atomic mass is 10.0. The molecular weight excluding hydrogens is 271 g/mol. The van der Waals surface area contributed by atoms with Crippen LogP contribution >= 0.6 is 0 Å². The molecule has 1 aliphatic heterocycles. The number of hydrogen-bond acceptors (Lipinski definition) is 3. The number of nitrogens with zero attached hydrogens (tertiary/aromatic N) is 1. The Bertz CT molecular complexity index is 512. The van der Waals surface area contributed by atoms with Crippen LogP contribution in [0.4, 0.5) is 4.39 Å². The Hall–Kier alpha value is -1.91. The smallest absolute Gasteiger partial charge is 0.220 e. The summed E-state index contributed by atoms with van der Waals surface area (Å²) in [6.45, 7) is 4.49. The number of carbonyl (C=O) groups excluding carboxylic acids is 1. The molecule has 0 bridgehead atoms. The summed E-state index contributed by atoms with van der Waals surface area (Å²) in [4.78, 5) is 16.9. The summed E-state index contributed by atoms with van der Waals surface area (Å²) in [5.74, 6) is 0.148. The Morgan fingerprint density at radius 2 is 2.14 bits per heavy atom. The molecular formula is C16H21FN2O2. The van der Waals surface area contributed by atoms with Crippen LogP contribution in [0, 0.1) is 11.7 Å². The SMILES string of the molecule is CC(C)CC(=O)NC[C@H]1CC(Cc2ccc(F)cc2)=NO1. The van der Waals surface area contributed by atoms with E-state index in [0.29, 0.717) is 31.7 Å². The van der Waals surface area contributed by atoms with Gasteiger partial charge in [-0.3, -0.25) is 4.79 Å². The van der Waals surface area contributed by atoms with Crippen LogP contribution in [0.25, 0.3) is 0 Å². The van der Waals surface area contributed by atoms with Crippen LogP contribution in [-0.4, -0.2) is 24.3 Å². The van der Waals surface area contributed by atoms with Gasteiger partial charge in [0, 0.05) is 19.3 Å². The van der Waals surface area contributed by atoms with Crippen LogP contribution in [0.5, 0.6) is 0 Å². The monoisotopic (exact) mass is 292 g/mol. The first kappa shape index (κ1) is 15.5. The first-order valence-corrected chi connectivity index (χ1v) is 7.25. The topological polar surface area (TPSA) is 50.7 Å². The third kappa shape index (κ3) is 5.17. The summed E-state index contributed by atoms with van der Waals surface area (Å²) in [6.07, 6.45) is 1.77. The number of carbonyl (C=O) groups is 1. The fourth-order valence-electron chi connectivity index (χ4n) is 2.21. The molecule has 1 amide bonds. The molecule has 114 valence electrons. The minimum absolute atomic E-state index is 0.0422. The Morgan fingerprint density at radius 3 is 2.81 bits per heavy atom. The van der Waals surface area contributed by atoms with Gasteiger partial charge in [0.2, 0.25) is 5.91 Å². The van der Waals surface area contributed by atoms with E-state index >= 15 is 0 Å². The van der Waals surface area contributed by atoms with Crippen molar-refractivity contribution in [3.63, 3.8) is 0 Å². The molecule has 1 aromatic carbocycles. The quantitative estimate of drug-likeness (QED) is 0.876. The van der Waals surface area contributed by atoms with Gasteiger partial charge in [-0.05, 0) is 23.6 Å². The van der Waals surface area contributed by atoms with Crippen molar-refractivity contribution in [2.75, 3.05) is 6.54 Å². The Kier molecular flexibility index (Phi) is 5.31. The minimum atomic E-state index is -0.242. The van der Waals surface area contributed by atoms with E-state index in [1.165, 1.54) is 12.1 Å². The molecule has 1 N–H and O–H groups in total. The first-order chi connectivity index (χ1) is 10.0. The van der Waals surface area contributed by atoms with E-state index < -0.39 is 0 Å². The number of benzene rings is 1. The van der Waals surface area contributed by atoms with Crippen molar-refractivity contribution < 1.29 is 14.0 Å². The third-order valence-electron chi connectivity index (χ3n) is 3.24. The molecule has 0 saturated carbocycles. The molecule has 1 aromatic rings. The summed E-state index contributed by atoms with van der Waals surface area (Å²) >= 11 is 0. The second-order valence-electron chi connectivity index (χ2n) is 5.79. The lowest BCUT2D eigenvalue weighted by Gasteiger charge is -2.10. The molecule has 0 aliphatic carbocycles. The van der Waals surface area contributed by atoms with E-state index in [1.54, 1.807) is 12.1 Å². The van der Waals surface area contributed by atoms with Gasteiger partial charge >= 0.3 is 0 Å². The lowest BCUT2D eigenvalue weighted by molar-refractivity contribution is -0.122. The van der Waals surface area contributed by atoms with Crippen molar-refractivity contribution in [2.45, 2.75) is 39.2 Å². The van der Waals surface area contributed by atoms with Crippen molar-refractivity contribution in [3.05, 3.63) is 35.6 Å². The molecule has 0 spiro atoms. The van der Waals surface area contributed by atoms with Crippen LogP contribution in [0.3, 0.4) is 0 Å². The van der Waals surface area contributed by atoms with Crippen molar-refractivity contribution in [1.82, 2.24) is 5.32 Å². The Balaban J connectivity index is 1.73. The summed E-state index contributed by atoms with van der Waals surface area (Å²) in [7, 11) is 0. The second kappa shape index (κ2) is 7.20. The van der Waals surface area contributed by atoms with E-state index in [-0.39, 0.29) is 17.8 Å². The van der Waals surface area contributed by atoms with Crippen molar-refractivity contribution >= 4 is 11.6 Å². The van der Waals surface area contributed by atoms with Gasteiger partial charge in [0.15, 0.2) is 0 Å². The van der Waals surface area contributed by atoms with Crippen LogP contribution in [0.2, 0.25) is 0 Å². The highest BCUT2D eigenvalue weighted by atomic mass is 19.1. The van der Waals surface area contributed by atoms with Gasteiger partial charge in [-0.2, -0.15) is 0 Å². The zero-order valence-corrected chi connectivity index (χ0v) is 12.4. The van der Waals surface area contributed by atoms with Gasteiger partial charge in [-0.25, -0.2) is 4.39 Å². The molecule has 5 heteroatoms. The summed E-state index contributed by atoms with van der Waals surface area (Å²) in [6, 6.07) is 6.37. The summed E-state index contributed by atoms with van der Waals surface area (Å²) < 4.78 is 12.8. The van der Waals surface area contributed by atoms with E-state index in [0.717, 1.165) is 11.3 Å². The summed E-state index contributed by atoms with van der Waals surface area (Å²) in [5.41, 5.74) is 1.92. The highest BCUT2D eigenvalue weighted by Gasteiger charge is 2.21. The lowest BCUT2D eigenvalue weighted by Crippen LogP contribution is -2.32. The first-order valence-electron chi connectivity index (χ1n) is 7.25. The Morgan fingerprint density at radius 1 is 1.43 bits per heavy atom. The van der Waals surface area contributed by atoms with Crippen LogP contribution < -0.4 is 5.32 Å². The highest BCUT2D eigenvalue weighted by molar-refractivity contribution is 5.87. The van der Waals surface area contributed by atoms with Crippen LogP contribution in [0.15, 0.2) is 29.4 Å². The van der Waals surface area contributed by atoms with Gasteiger partial charge < -0.3 is 10.2 Å². The van der Waals surface area contributed by atoms with E-state index in [4.69, 9.17) is 4.84 Å². The average molecular weight is 292 g/mol. The molecule has 0 aromatic heterocycles. The molecule has 21 heavy (non-hydrogen) atoms. The molecule has 0 radical (unpaired) electrons. The zero-order chi connectivity index (χ0) is 15.2. The number of hydrogen-bond donors (Lipinski definition) is 1. The van der Waals surface area contributed by atoms with Crippen molar-refractivity contribution in [1.29, 1.82) is 0 Å². The van der Waals surface area contributed by atoms with Gasteiger partial charge in [-0.15, -0.1) is 0 Å². The second-order valence-corrected chi connectivity index (χ2v) is 5.79. The van der Waals surface area contributed by atoms with Gasteiger partial charge in [0.25, 0.3) is 0 Å². The number of amides is 1. The van der Waals surface area contributed by atoms with Crippen LogP contribution in [0.1, 0.15) is 32.3 Å². The van der Waals surface area contributed by atoms with Gasteiger partial charge in [0.1, 0.15) is 11.9 Å². The van der Waals surface area contributed by atoms with Crippen molar-refractivity contribution in [3.8, 4) is 0 Å². The van der Waals surface area contributed by atoms with Gasteiger partial charge in [-0.1, -0.05) is 31.1 Å². The predicted molar refractivity (Wildman–Crippen MR) is 79.5 cm³/mol. The number of oxime groups is 1. The van der Waals surface area contributed by atoms with E-state index in [9.17, 15) is 9.18 Å². The number of nitrogens with one attached hydrogen (secondary N) is 1. The predicted octanol–water partition coefficient (Wildman–Crippen LogP) is 2.68. The minimum Gasteiger partial charge on any atom is -0.390 e. The molecule has 2 rings (SSSR count). The highest BCUT2D eigenvalue weighted by Crippen LogP contribution is 2.14.